The van der Waals surface area contributed by atoms with Gasteiger partial charge in [0, 0.05) is 37.6 Å². The number of nitrogens with zero attached hydrogens (tertiary/aromatic N) is 2. The molecule has 2 rings (SSSR count). The Labute approximate surface area is 109 Å². The van der Waals surface area contributed by atoms with E-state index in [0.29, 0.717) is 6.10 Å². The smallest absolute Gasteiger partial charge is 0.0876 e. The summed E-state index contributed by atoms with van der Waals surface area (Å²) in [4.78, 5) is 4.66. The van der Waals surface area contributed by atoms with Gasteiger partial charge >= 0.3 is 0 Å². The Bertz CT molecular complexity index is 366. The van der Waals surface area contributed by atoms with Gasteiger partial charge in [-0.05, 0) is 38.2 Å². The third kappa shape index (κ3) is 3.37. The largest absolute Gasteiger partial charge is 0.399 e. The van der Waals surface area contributed by atoms with Crippen LogP contribution in [0.3, 0.4) is 0 Å². The van der Waals surface area contributed by atoms with Gasteiger partial charge in [0.2, 0.25) is 0 Å². The molecular formula is C14H23N3O. The molecule has 1 aromatic carbocycles. The van der Waals surface area contributed by atoms with Crippen molar-refractivity contribution >= 4 is 11.4 Å². The molecular weight excluding hydrogens is 226 g/mol. The molecule has 1 aliphatic heterocycles. The van der Waals surface area contributed by atoms with Crippen molar-refractivity contribution in [1.29, 1.82) is 0 Å². The second-order valence-corrected chi connectivity index (χ2v) is 4.89. The molecule has 1 aromatic rings. The Kier molecular flexibility index (Phi) is 4.44. The van der Waals surface area contributed by atoms with Crippen molar-refractivity contribution in [2.75, 3.05) is 50.5 Å². The lowest BCUT2D eigenvalue weighted by atomic mass is 10.2. The molecule has 4 nitrogen and oxygen atoms in total. The van der Waals surface area contributed by atoms with Crippen LogP contribution in [0.2, 0.25) is 0 Å². The summed E-state index contributed by atoms with van der Waals surface area (Å²) in [5.74, 6) is 0. The van der Waals surface area contributed by atoms with E-state index < -0.39 is 0 Å². The summed E-state index contributed by atoms with van der Waals surface area (Å²) in [5, 5.41) is 0. The first-order valence-electron chi connectivity index (χ1n) is 6.59. The molecule has 100 valence electrons. The second-order valence-electron chi connectivity index (χ2n) is 4.89. The lowest BCUT2D eigenvalue weighted by molar-refractivity contribution is -0.0146. The van der Waals surface area contributed by atoms with Crippen LogP contribution in [0.4, 0.5) is 11.4 Å². The van der Waals surface area contributed by atoms with Gasteiger partial charge in [0.05, 0.1) is 12.7 Å². The van der Waals surface area contributed by atoms with Gasteiger partial charge in [-0.2, -0.15) is 0 Å². The summed E-state index contributed by atoms with van der Waals surface area (Å²) >= 11 is 0. The zero-order valence-electron chi connectivity index (χ0n) is 11.3. The topological polar surface area (TPSA) is 41.7 Å². The Balaban J connectivity index is 1.98. The quantitative estimate of drug-likeness (QED) is 0.820. The minimum atomic E-state index is 0.293. The number of hydrogen-bond donors (Lipinski definition) is 1. The molecule has 1 heterocycles. The van der Waals surface area contributed by atoms with Crippen LogP contribution in [0.15, 0.2) is 24.3 Å². The number of benzene rings is 1. The monoisotopic (exact) mass is 249 g/mol. The van der Waals surface area contributed by atoms with Crippen molar-refractivity contribution in [3.05, 3.63) is 24.3 Å². The van der Waals surface area contributed by atoms with E-state index in [-0.39, 0.29) is 0 Å². The van der Waals surface area contributed by atoms with E-state index in [1.165, 1.54) is 5.69 Å². The van der Waals surface area contributed by atoms with Crippen LogP contribution in [0.1, 0.15) is 6.92 Å². The molecule has 1 unspecified atom stereocenters. The van der Waals surface area contributed by atoms with Crippen LogP contribution in [0, 0.1) is 0 Å². The van der Waals surface area contributed by atoms with Gasteiger partial charge in [0.15, 0.2) is 0 Å². The second kappa shape index (κ2) is 6.07. The molecule has 0 aromatic heterocycles. The maximum absolute atomic E-state index is 5.82. The van der Waals surface area contributed by atoms with Gasteiger partial charge in [0.1, 0.15) is 0 Å². The average molecular weight is 249 g/mol. The molecule has 4 heteroatoms. The molecule has 1 atom stereocenters. The summed E-state index contributed by atoms with van der Waals surface area (Å²) in [7, 11) is 2.15. The summed E-state index contributed by atoms with van der Waals surface area (Å²) in [5.41, 5.74) is 7.74. The molecule has 1 aliphatic rings. The van der Waals surface area contributed by atoms with Crippen molar-refractivity contribution in [2.45, 2.75) is 13.0 Å². The molecule has 0 amide bonds. The summed E-state index contributed by atoms with van der Waals surface area (Å²) in [6, 6.07) is 8.05. The van der Waals surface area contributed by atoms with Gasteiger partial charge in [-0.15, -0.1) is 0 Å². The number of hydrogen-bond acceptors (Lipinski definition) is 4. The third-order valence-corrected chi connectivity index (χ3v) is 3.41. The van der Waals surface area contributed by atoms with Crippen LogP contribution >= 0.6 is 0 Å². The highest BCUT2D eigenvalue weighted by molar-refractivity contribution is 5.53. The lowest BCUT2D eigenvalue weighted by Crippen LogP contribution is -2.46. The summed E-state index contributed by atoms with van der Waals surface area (Å²) < 4.78 is 5.82. The number of nitrogen functional groups attached to an aromatic ring is 1. The number of morpholine rings is 1. The van der Waals surface area contributed by atoms with Crippen LogP contribution < -0.4 is 10.6 Å². The predicted molar refractivity (Wildman–Crippen MR) is 76.0 cm³/mol. The fourth-order valence-electron chi connectivity index (χ4n) is 2.33. The van der Waals surface area contributed by atoms with Gasteiger partial charge in [0.25, 0.3) is 0 Å². The highest BCUT2D eigenvalue weighted by Gasteiger charge is 2.20. The third-order valence-electron chi connectivity index (χ3n) is 3.41. The van der Waals surface area contributed by atoms with Gasteiger partial charge in [-0.1, -0.05) is 0 Å². The highest BCUT2D eigenvalue weighted by Crippen LogP contribution is 2.17. The van der Waals surface area contributed by atoms with Crippen molar-refractivity contribution in [3.8, 4) is 0 Å². The van der Waals surface area contributed by atoms with Crippen molar-refractivity contribution in [2.24, 2.45) is 0 Å². The highest BCUT2D eigenvalue weighted by atomic mass is 16.5. The van der Waals surface area contributed by atoms with E-state index in [9.17, 15) is 0 Å². The molecule has 1 fully saturated rings. The fourth-order valence-corrected chi connectivity index (χ4v) is 2.33. The maximum Gasteiger partial charge on any atom is 0.0876 e. The first kappa shape index (κ1) is 13.2. The normalized spacial score (nSPS) is 20.9. The van der Waals surface area contributed by atoms with Gasteiger partial charge < -0.3 is 20.3 Å². The predicted octanol–water partition coefficient (Wildman–Crippen LogP) is 1.43. The standard InChI is InChI=1S/C14H23N3O/c1-3-17(13-6-4-12(15)5-7-13)11-14-10-16(2)8-9-18-14/h4-7,14H,3,8-11,15H2,1-2H3. The van der Waals surface area contributed by atoms with Gasteiger partial charge in [-0.25, -0.2) is 0 Å². The molecule has 0 aliphatic carbocycles. The van der Waals surface area contributed by atoms with E-state index in [1.54, 1.807) is 0 Å². The van der Waals surface area contributed by atoms with E-state index >= 15 is 0 Å². The Morgan fingerprint density at radius 1 is 1.39 bits per heavy atom. The molecule has 1 saturated heterocycles. The van der Waals surface area contributed by atoms with E-state index in [1.807, 2.05) is 12.1 Å². The molecule has 18 heavy (non-hydrogen) atoms. The minimum absolute atomic E-state index is 0.293. The number of anilines is 2. The van der Waals surface area contributed by atoms with Gasteiger partial charge in [-0.3, -0.25) is 0 Å². The van der Waals surface area contributed by atoms with Crippen molar-refractivity contribution in [1.82, 2.24) is 4.90 Å². The SMILES string of the molecule is CCN(CC1CN(C)CCO1)c1ccc(N)cc1. The molecule has 0 bridgehead atoms. The molecule has 2 N–H and O–H groups in total. The van der Waals surface area contributed by atoms with E-state index in [2.05, 4.69) is 35.9 Å². The number of nitrogens with two attached hydrogens (primary N) is 1. The zero-order chi connectivity index (χ0) is 13.0. The Hall–Kier alpha value is -1.26. The van der Waals surface area contributed by atoms with Crippen molar-refractivity contribution < 1.29 is 4.74 Å². The summed E-state index contributed by atoms with van der Waals surface area (Å²) in [6.45, 7) is 6.96. The van der Waals surface area contributed by atoms with E-state index in [0.717, 1.165) is 38.5 Å². The maximum atomic E-state index is 5.82. The van der Waals surface area contributed by atoms with E-state index in [4.69, 9.17) is 10.5 Å². The first-order chi connectivity index (χ1) is 8.69. The summed E-state index contributed by atoms with van der Waals surface area (Å²) in [6.07, 6.45) is 0.293. The minimum Gasteiger partial charge on any atom is -0.399 e. The number of rotatable bonds is 4. The average Bonchev–Trinajstić information content (AvgIpc) is 2.37. The Morgan fingerprint density at radius 3 is 2.72 bits per heavy atom. The molecule has 0 radical (unpaired) electrons. The van der Waals surface area contributed by atoms with Crippen LogP contribution in [0.5, 0.6) is 0 Å². The van der Waals surface area contributed by atoms with Crippen molar-refractivity contribution in [3.63, 3.8) is 0 Å². The molecule has 0 saturated carbocycles. The zero-order valence-corrected chi connectivity index (χ0v) is 11.3. The fraction of sp³-hybridized carbons (Fsp3) is 0.571. The van der Waals surface area contributed by atoms with Crippen LogP contribution in [-0.4, -0.2) is 50.8 Å². The Morgan fingerprint density at radius 2 is 2.11 bits per heavy atom. The number of ether oxygens (including phenoxy) is 1. The lowest BCUT2D eigenvalue weighted by Gasteiger charge is -2.34. The number of likely N-dealkylation sites (N-methyl/N-ethyl adjacent to an activating group) is 2. The van der Waals surface area contributed by atoms with Crippen LogP contribution in [0.25, 0.3) is 0 Å². The first-order valence-corrected chi connectivity index (χ1v) is 6.59. The van der Waals surface area contributed by atoms with Crippen LogP contribution in [-0.2, 0) is 4.74 Å². The molecule has 0 spiro atoms.